The standard InChI is InChI=1S/C34H36ClF2N3O4S.C2H6O.ClH.H8P6/c1-34(2,3)44-33(42)39(4)23-7-9-24(10-8-23)40(32(41)31-29(35)28-25(36)11-12-26(37)30(28)45-31)19-22-18-21(6-13-27(22)43-5)20-14-16-38-17-15-20;1-2-3;;1-5(2)6(3)4/h6,11-18,23-24H,7-10,19H2,1-5H3;3H,2H2,1H3;1H;1-4H2. The lowest BCUT2D eigenvalue weighted by Crippen LogP contribution is -2.47. The number of benzene rings is 2. The molecule has 0 spiro atoms. The van der Waals surface area contributed by atoms with Crippen molar-refractivity contribution in [2.45, 2.75) is 77.6 Å². The largest absolute Gasteiger partial charge is 0.496 e. The van der Waals surface area contributed by atoms with Gasteiger partial charge < -0.3 is 24.4 Å². The third-order valence-electron chi connectivity index (χ3n) is 8.37. The number of halogens is 4. The lowest BCUT2D eigenvalue weighted by atomic mass is 9.89. The number of amides is 2. The van der Waals surface area contributed by atoms with Crippen molar-refractivity contribution in [3.05, 3.63) is 82.0 Å². The van der Waals surface area contributed by atoms with Gasteiger partial charge in [-0.1, -0.05) is 17.7 Å². The second-order valence-corrected chi connectivity index (χ2v) is 34.5. The van der Waals surface area contributed by atoms with Crippen LogP contribution in [0.3, 0.4) is 0 Å². The number of methoxy groups -OCH3 is 1. The van der Waals surface area contributed by atoms with Crippen LogP contribution in [0.5, 0.6) is 5.75 Å². The van der Waals surface area contributed by atoms with E-state index in [-0.39, 0.29) is 71.6 Å². The van der Waals surface area contributed by atoms with Crippen LogP contribution in [0, 0.1) is 11.6 Å². The molecule has 4 atom stereocenters. The van der Waals surface area contributed by atoms with E-state index in [1.54, 1.807) is 43.3 Å². The highest BCUT2D eigenvalue weighted by molar-refractivity contribution is 8.92. The smallest absolute Gasteiger partial charge is 0.410 e. The summed E-state index contributed by atoms with van der Waals surface area (Å²) in [5.41, 5.74) is 2.03. The number of nitrogens with zero attached hydrogens (tertiary/aromatic N) is 3. The van der Waals surface area contributed by atoms with E-state index in [0.29, 0.717) is 31.4 Å². The molecule has 19 heteroatoms. The fourth-order valence-electron chi connectivity index (χ4n) is 5.78. The Balaban J connectivity index is 0.000000941. The molecule has 304 valence electrons. The molecule has 5 rings (SSSR count). The molecule has 2 aromatic carbocycles. The number of rotatable bonds is 8. The van der Waals surface area contributed by atoms with E-state index in [2.05, 4.69) is 40.7 Å². The first kappa shape index (κ1) is 50.2. The summed E-state index contributed by atoms with van der Waals surface area (Å²) in [6.07, 6.45) is 5.51. The Kier molecular flexibility index (Phi) is 21.6. The summed E-state index contributed by atoms with van der Waals surface area (Å²) in [6.45, 7) is 7.92. The average molecular weight is 933 g/mol. The van der Waals surface area contributed by atoms with Gasteiger partial charge in [-0.3, -0.25) is 9.78 Å². The Morgan fingerprint density at radius 1 is 0.964 bits per heavy atom. The molecule has 0 bridgehead atoms. The van der Waals surface area contributed by atoms with Crippen molar-refractivity contribution >= 4 is 107 Å². The summed E-state index contributed by atoms with van der Waals surface area (Å²) in [6, 6.07) is 11.3. The molecular formula is C36H51Cl2F2N3O5P6S. The van der Waals surface area contributed by atoms with Crippen LogP contribution in [-0.4, -0.2) is 70.3 Å². The zero-order valence-electron chi connectivity index (χ0n) is 31.7. The van der Waals surface area contributed by atoms with Crippen LogP contribution in [0.25, 0.3) is 21.2 Å². The maximum Gasteiger partial charge on any atom is 0.410 e. The number of carbonyl (C=O) groups excluding carboxylic acids is 2. The number of ether oxygens (including phenoxy) is 2. The molecule has 2 amide bonds. The number of aliphatic hydroxyl groups is 1. The highest BCUT2D eigenvalue weighted by Crippen LogP contribution is 2.86. The molecule has 1 saturated carbocycles. The predicted molar refractivity (Wildman–Crippen MR) is 246 cm³/mol. The van der Waals surface area contributed by atoms with Gasteiger partial charge in [0.2, 0.25) is 0 Å². The second-order valence-electron chi connectivity index (χ2n) is 13.3. The quantitative estimate of drug-likeness (QED) is 0.177. The molecule has 2 heterocycles. The van der Waals surface area contributed by atoms with Crippen molar-refractivity contribution in [1.29, 1.82) is 0 Å². The Morgan fingerprint density at radius 2 is 1.51 bits per heavy atom. The molecule has 55 heavy (non-hydrogen) atoms. The van der Waals surface area contributed by atoms with Gasteiger partial charge in [0, 0.05) is 50.2 Å². The first-order chi connectivity index (χ1) is 25.4. The van der Waals surface area contributed by atoms with Gasteiger partial charge in [0.25, 0.3) is 5.91 Å². The Labute approximate surface area is 350 Å². The van der Waals surface area contributed by atoms with Crippen LogP contribution in [0.2, 0.25) is 5.02 Å². The average Bonchev–Trinajstić information content (AvgIpc) is 3.49. The lowest BCUT2D eigenvalue weighted by molar-refractivity contribution is 0.0144. The van der Waals surface area contributed by atoms with Crippen LogP contribution in [-0.2, 0) is 11.3 Å². The van der Waals surface area contributed by atoms with Crippen molar-refractivity contribution in [2.24, 2.45) is 0 Å². The van der Waals surface area contributed by atoms with Crippen molar-refractivity contribution in [3.63, 3.8) is 0 Å². The molecule has 1 aliphatic rings. The van der Waals surface area contributed by atoms with Gasteiger partial charge in [0.1, 0.15) is 27.9 Å². The van der Waals surface area contributed by atoms with Crippen molar-refractivity contribution < 1.29 is 33.0 Å². The highest BCUT2D eigenvalue weighted by Gasteiger charge is 2.35. The van der Waals surface area contributed by atoms with Gasteiger partial charge in [-0.25, -0.2) is 13.6 Å². The number of pyridine rings is 1. The number of hydrogen-bond acceptors (Lipinski definition) is 7. The Bertz CT molecular complexity index is 1850. The van der Waals surface area contributed by atoms with Gasteiger partial charge in [-0.15, -0.1) is 59.5 Å². The number of hydrogen-bond donors (Lipinski definition) is 1. The third kappa shape index (κ3) is 14.4. The van der Waals surface area contributed by atoms with Crippen LogP contribution >= 0.6 is 85.0 Å². The van der Waals surface area contributed by atoms with Crippen LogP contribution in [0.4, 0.5) is 13.6 Å². The predicted octanol–water partition coefficient (Wildman–Crippen LogP) is 12.2. The molecule has 4 unspecified atom stereocenters. The molecule has 0 aliphatic heterocycles. The van der Waals surface area contributed by atoms with Gasteiger partial charge in [0.15, 0.2) is 0 Å². The highest BCUT2D eigenvalue weighted by atomic mass is 35.5. The monoisotopic (exact) mass is 931 g/mol. The fraction of sp³-hybridized carbons (Fsp3) is 0.417. The van der Waals surface area contributed by atoms with Gasteiger partial charge >= 0.3 is 6.09 Å². The van der Waals surface area contributed by atoms with Crippen molar-refractivity contribution in [2.75, 3.05) is 20.8 Å². The first-order valence-electron chi connectivity index (χ1n) is 17.0. The van der Waals surface area contributed by atoms with E-state index in [0.717, 1.165) is 40.2 Å². The molecule has 0 radical (unpaired) electrons. The Morgan fingerprint density at radius 3 is 2.02 bits per heavy atom. The molecule has 0 saturated heterocycles. The van der Waals surface area contributed by atoms with Crippen LogP contribution in [0.15, 0.2) is 54.9 Å². The molecule has 1 N–H and O–H groups in total. The lowest BCUT2D eigenvalue weighted by Gasteiger charge is -2.40. The number of aromatic nitrogens is 1. The normalized spacial score (nSPS) is 15.3. The summed E-state index contributed by atoms with van der Waals surface area (Å²) < 4.78 is 40.7. The summed E-state index contributed by atoms with van der Waals surface area (Å²) >= 11 is 7.45. The zero-order chi connectivity index (χ0) is 40.3. The van der Waals surface area contributed by atoms with Crippen molar-refractivity contribution in [1.82, 2.24) is 14.8 Å². The maximum absolute atomic E-state index is 14.8. The molecule has 4 aromatic rings. The van der Waals surface area contributed by atoms with E-state index >= 15 is 0 Å². The first-order valence-corrected chi connectivity index (χ1v) is 28.1. The number of thiophene rings is 1. The Hall–Kier alpha value is -0.930. The minimum atomic E-state index is -0.685. The van der Waals surface area contributed by atoms with E-state index < -0.39 is 29.2 Å². The molecule has 1 aliphatic carbocycles. The van der Waals surface area contributed by atoms with Crippen molar-refractivity contribution in [3.8, 4) is 16.9 Å². The van der Waals surface area contributed by atoms with Crippen LogP contribution < -0.4 is 4.74 Å². The summed E-state index contributed by atoms with van der Waals surface area (Å²) in [5.74, 6) is -1.14. The number of fused-ring (bicyclic) bond motifs is 1. The molecule has 2 aromatic heterocycles. The minimum Gasteiger partial charge on any atom is -0.496 e. The SMILES string of the molecule is CCO.COc1ccc(-c2ccncc2)cc1CN(C(=O)c1sc2c(F)ccc(F)c2c1Cl)C1CCC(N(C)C(=O)OC(C)(C)C)CC1.Cl.PP(P)P(P)P. The van der Waals surface area contributed by atoms with Gasteiger partial charge in [0.05, 0.1) is 22.2 Å². The van der Waals surface area contributed by atoms with E-state index in [1.165, 1.54) is 0 Å². The van der Waals surface area contributed by atoms with E-state index in [4.69, 9.17) is 26.2 Å². The van der Waals surface area contributed by atoms with E-state index in [1.807, 2.05) is 51.1 Å². The minimum absolute atomic E-state index is 0. The van der Waals surface area contributed by atoms with E-state index in [9.17, 15) is 18.4 Å². The fourth-order valence-corrected chi connectivity index (χ4v) is 7.29. The third-order valence-corrected chi connectivity index (χ3v) is 31.4. The topological polar surface area (TPSA) is 92.2 Å². The summed E-state index contributed by atoms with van der Waals surface area (Å²) in [5, 5.41) is 7.38. The van der Waals surface area contributed by atoms with Gasteiger partial charge in [-0.2, -0.15) is 0 Å². The molecule has 1 fully saturated rings. The zero-order valence-corrected chi connectivity index (χ0v) is 40.5. The molecular weight excluding hydrogens is 881 g/mol. The summed E-state index contributed by atoms with van der Waals surface area (Å²) in [7, 11) is 14.5. The van der Waals surface area contributed by atoms with Gasteiger partial charge in [-0.05, 0) is 115 Å². The molecule has 8 nitrogen and oxygen atoms in total. The number of carbonyl (C=O) groups is 2. The maximum atomic E-state index is 14.8. The summed E-state index contributed by atoms with van der Waals surface area (Å²) in [4.78, 5) is 34.7. The number of aliphatic hydroxyl groups excluding tert-OH is 1. The second kappa shape index (κ2) is 23.6. The van der Waals surface area contributed by atoms with Crippen LogP contribution in [0.1, 0.15) is 68.6 Å².